The number of aromatic amines is 1. The van der Waals surface area contributed by atoms with Gasteiger partial charge in [-0.15, -0.1) is 9.79 Å². The van der Waals surface area contributed by atoms with Gasteiger partial charge in [0.25, 0.3) is 0 Å². The zero-order valence-corrected chi connectivity index (χ0v) is 8.50. The molecule has 1 aromatic carbocycles. The Bertz CT molecular complexity index is 400. The summed E-state index contributed by atoms with van der Waals surface area (Å²) < 4.78 is 8.70. The fourth-order valence-corrected chi connectivity index (χ4v) is 0.950. The Hall–Kier alpha value is -1.62. The van der Waals surface area contributed by atoms with Gasteiger partial charge in [0, 0.05) is 10.1 Å². The molecule has 0 aliphatic carbocycles. The van der Waals surface area contributed by atoms with Crippen molar-refractivity contribution in [2.45, 2.75) is 0 Å². The standard InChI is InChI=1S/C8H7N3.HO3P/c1-2-4-7(5-3-1)8-6-9-11-10-8;1-4(2)3/h1-6H,(H,9,10,11);(H-,1,2,3)/p+1. The number of hydrogen-bond donors (Lipinski definition) is 3. The quantitative estimate of drug-likeness (QED) is 0.632. The summed E-state index contributed by atoms with van der Waals surface area (Å²) in [6.45, 7) is 0. The number of aromatic nitrogens is 3. The maximum Gasteiger partial charge on any atom is 0.692 e. The van der Waals surface area contributed by atoms with Gasteiger partial charge in [0.2, 0.25) is 0 Å². The second kappa shape index (κ2) is 5.98. The van der Waals surface area contributed by atoms with E-state index in [9.17, 15) is 0 Å². The summed E-state index contributed by atoms with van der Waals surface area (Å²) >= 11 is 0. The molecule has 0 radical (unpaired) electrons. The first-order valence-corrected chi connectivity index (χ1v) is 5.13. The number of hydrogen-bond acceptors (Lipinski definition) is 3. The monoisotopic (exact) mass is 226 g/mol. The van der Waals surface area contributed by atoms with Crippen LogP contribution in [0.5, 0.6) is 0 Å². The molecule has 1 aromatic heterocycles. The van der Waals surface area contributed by atoms with E-state index < -0.39 is 8.25 Å². The number of nitrogens with zero attached hydrogens (tertiary/aromatic N) is 2. The predicted molar refractivity (Wildman–Crippen MR) is 53.9 cm³/mol. The van der Waals surface area contributed by atoms with Crippen LogP contribution in [-0.4, -0.2) is 25.2 Å². The number of benzene rings is 1. The van der Waals surface area contributed by atoms with E-state index in [1.807, 2.05) is 30.3 Å². The topological polar surface area (TPSA) is 99.1 Å². The van der Waals surface area contributed by atoms with Crippen molar-refractivity contribution in [3.63, 3.8) is 0 Å². The van der Waals surface area contributed by atoms with Crippen molar-refractivity contribution >= 4 is 8.25 Å². The first-order valence-electron chi connectivity index (χ1n) is 3.96. The molecule has 3 N–H and O–H groups in total. The van der Waals surface area contributed by atoms with E-state index >= 15 is 0 Å². The van der Waals surface area contributed by atoms with Crippen molar-refractivity contribution in [1.29, 1.82) is 0 Å². The fraction of sp³-hybridized carbons (Fsp3) is 0. The predicted octanol–water partition coefficient (Wildman–Crippen LogP) is 1.10. The van der Waals surface area contributed by atoms with Crippen molar-refractivity contribution in [1.82, 2.24) is 15.4 Å². The molecule has 0 amide bonds. The molecule has 7 heteroatoms. The first kappa shape index (κ1) is 11.5. The molecule has 2 rings (SSSR count). The largest absolute Gasteiger partial charge is 0.692 e. The normalized spacial score (nSPS) is 8.93. The summed E-state index contributed by atoms with van der Waals surface area (Å²) in [6, 6.07) is 9.92. The lowest BCUT2D eigenvalue weighted by atomic mass is 10.2. The summed E-state index contributed by atoms with van der Waals surface area (Å²) in [4.78, 5) is 14.2. The van der Waals surface area contributed by atoms with Crippen LogP contribution in [-0.2, 0) is 4.57 Å². The van der Waals surface area contributed by atoms with Crippen molar-refractivity contribution in [2.75, 3.05) is 0 Å². The molecule has 0 fully saturated rings. The third kappa shape index (κ3) is 4.42. The second-order valence-electron chi connectivity index (χ2n) is 2.47. The van der Waals surface area contributed by atoms with Gasteiger partial charge in [0.15, 0.2) is 0 Å². The Kier molecular flexibility index (Phi) is 4.56. The average Bonchev–Trinajstić information content (AvgIpc) is 2.71. The zero-order valence-electron chi connectivity index (χ0n) is 7.61. The highest BCUT2D eigenvalue weighted by Gasteiger charge is 1.96. The molecule has 0 unspecified atom stereocenters. The van der Waals surface area contributed by atoms with E-state index in [0.29, 0.717) is 0 Å². The minimum absolute atomic E-state index is 0.880. The number of nitrogens with one attached hydrogen (secondary N) is 1. The van der Waals surface area contributed by atoms with Crippen LogP contribution in [0, 0.1) is 0 Å². The summed E-state index contributed by atoms with van der Waals surface area (Å²) in [5, 5.41) is 10.2. The number of H-pyrrole nitrogens is 1. The van der Waals surface area contributed by atoms with E-state index in [4.69, 9.17) is 14.4 Å². The highest BCUT2D eigenvalue weighted by atomic mass is 31.1. The van der Waals surface area contributed by atoms with Gasteiger partial charge in [-0.3, -0.25) is 0 Å². The summed E-state index contributed by atoms with van der Waals surface area (Å²) in [5.41, 5.74) is 1.96. The maximum absolute atomic E-state index is 8.70. The van der Waals surface area contributed by atoms with Crippen LogP contribution in [0.25, 0.3) is 11.3 Å². The van der Waals surface area contributed by atoms with E-state index in [2.05, 4.69) is 15.4 Å². The fourth-order valence-electron chi connectivity index (χ4n) is 0.950. The van der Waals surface area contributed by atoms with Gasteiger partial charge >= 0.3 is 8.25 Å². The van der Waals surface area contributed by atoms with Crippen LogP contribution in [0.3, 0.4) is 0 Å². The molecule has 0 bridgehead atoms. The molecule has 6 nitrogen and oxygen atoms in total. The van der Waals surface area contributed by atoms with Crippen molar-refractivity contribution in [2.24, 2.45) is 0 Å². The van der Waals surface area contributed by atoms with E-state index in [0.717, 1.165) is 11.3 Å². The minimum atomic E-state index is -2.87. The number of rotatable bonds is 1. The summed E-state index contributed by atoms with van der Waals surface area (Å²) in [6.07, 6.45) is 1.70. The second-order valence-corrected chi connectivity index (χ2v) is 2.98. The molecule has 0 aliphatic heterocycles. The Balaban J connectivity index is 0.000000245. The van der Waals surface area contributed by atoms with Gasteiger partial charge in [-0.2, -0.15) is 15.4 Å². The zero-order chi connectivity index (χ0) is 11.1. The molecule has 0 spiro atoms. The molecule has 0 saturated heterocycles. The Morgan fingerprint density at radius 2 is 1.80 bits per heavy atom. The van der Waals surface area contributed by atoms with Crippen LogP contribution in [0.15, 0.2) is 36.5 Å². The summed E-state index contributed by atoms with van der Waals surface area (Å²) in [7, 11) is -2.87. The average molecular weight is 226 g/mol. The van der Waals surface area contributed by atoms with Crippen LogP contribution >= 0.6 is 8.25 Å². The van der Waals surface area contributed by atoms with Gasteiger partial charge in [0.1, 0.15) is 5.69 Å². The molecule has 0 aliphatic rings. The molecule has 0 saturated carbocycles. The van der Waals surface area contributed by atoms with Crippen molar-refractivity contribution in [3.05, 3.63) is 36.5 Å². The minimum Gasteiger partial charge on any atom is -0.197 e. The maximum atomic E-state index is 8.70. The highest BCUT2D eigenvalue weighted by Crippen LogP contribution is 2.12. The molecule has 2 aromatic rings. The molecule has 78 valence electrons. The van der Waals surface area contributed by atoms with Gasteiger partial charge in [-0.05, 0) is 0 Å². The van der Waals surface area contributed by atoms with Crippen molar-refractivity contribution < 1.29 is 14.4 Å². The van der Waals surface area contributed by atoms with E-state index in [1.165, 1.54) is 0 Å². The van der Waals surface area contributed by atoms with Gasteiger partial charge in [-0.1, -0.05) is 30.3 Å². The molecular weight excluding hydrogens is 217 g/mol. The van der Waals surface area contributed by atoms with E-state index in [-0.39, 0.29) is 0 Å². The molecule has 1 heterocycles. The van der Waals surface area contributed by atoms with Gasteiger partial charge < -0.3 is 0 Å². The van der Waals surface area contributed by atoms with Crippen LogP contribution in [0.2, 0.25) is 0 Å². The third-order valence-corrected chi connectivity index (χ3v) is 1.48. The molecular formula is C8H9N3O3P+. The van der Waals surface area contributed by atoms with Crippen LogP contribution < -0.4 is 0 Å². The molecule has 15 heavy (non-hydrogen) atoms. The summed E-state index contributed by atoms with van der Waals surface area (Å²) in [5.74, 6) is 0. The lowest BCUT2D eigenvalue weighted by Crippen LogP contribution is -1.75. The van der Waals surface area contributed by atoms with Crippen LogP contribution in [0.1, 0.15) is 0 Å². The third-order valence-electron chi connectivity index (χ3n) is 1.48. The Morgan fingerprint density at radius 1 is 1.20 bits per heavy atom. The Labute approximate surface area is 86.5 Å². The highest BCUT2D eigenvalue weighted by molar-refractivity contribution is 7.30. The SMILES string of the molecule is O=[P+](O)O.c1ccc(-c2cn[nH]n2)cc1. The first-order chi connectivity index (χ1) is 7.20. The van der Waals surface area contributed by atoms with E-state index in [1.54, 1.807) is 6.20 Å². The van der Waals surface area contributed by atoms with Gasteiger partial charge in [-0.25, -0.2) is 0 Å². The molecule has 0 atom stereocenters. The lowest BCUT2D eigenvalue weighted by Gasteiger charge is -1.90. The van der Waals surface area contributed by atoms with Crippen molar-refractivity contribution in [3.8, 4) is 11.3 Å². The van der Waals surface area contributed by atoms with Crippen LogP contribution in [0.4, 0.5) is 0 Å². The van der Waals surface area contributed by atoms with Gasteiger partial charge in [0.05, 0.1) is 6.20 Å². The Morgan fingerprint density at radius 3 is 2.27 bits per heavy atom. The lowest BCUT2D eigenvalue weighted by molar-refractivity contribution is 0.405. The smallest absolute Gasteiger partial charge is 0.197 e.